The van der Waals surface area contributed by atoms with Crippen molar-refractivity contribution in [2.45, 2.75) is 6.92 Å². The molecule has 14 heavy (non-hydrogen) atoms. The van der Waals surface area contributed by atoms with Gasteiger partial charge in [-0.2, -0.15) is 0 Å². The Labute approximate surface area is 88.1 Å². The summed E-state index contributed by atoms with van der Waals surface area (Å²) in [5.74, 6) is 0. The van der Waals surface area contributed by atoms with Gasteiger partial charge in [0.2, 0.25) is 0 Å². The minimum Gasteiger partial charge on any atom is -0.381 e. The molecule has 0 saturated heterocycles. The zero-order valence-electron chi connectivity index (χ0n) is 8.46. The van der Waals surface area contributed by atoms with Gasteiger partial charge in [-0.05, 0) is 17.8 Å². The predicted octanol–water partition coefficient (Wildman–Crippen LogP) is 3.03. The Bertz CT molecular complexity index is 327. The van der Waals surface area contributed by atoms with Gasteiger partial charge in [0.05, 0.1) is 0 Å². The van der Waals surface area contributed by atoms with Crippen LogP contribution in [0.2, 0.25) is 0 Å². The second-order valence-electron chi connectivity index (χ2n) is 3.06. The summed E-state index contributed by atoms with van der Waals surface area (Å²) >= 11 is 0. The maximum Gasteiger partial charge on any atom is 0.0396 e. The average molecular weight is 205 g/mol. The van der Waals surface area contributed by atoms with Crippen molar-refractivity contribution >= 4 is 14.9 Å². The average Bonchev–Trinajstić information content (AvgIpc) is 2.26. The van der Waals surface area contributed by atoms with Gasteiger partial charge in [-0.25, -0.2) is 0 Å². The molecule has 1 atom stereocenters. The number of nitrogens with one attached hydrogen (secondary N) is 1. The summed E-state index contributed by atoms with van der Waals surface area (Å²) < 4.78 is 0. The van der Waals surface area contributed by atoms with E-state index >= 15 is 0 Å². The van der Waals surface area contributed by atoms with Crippen LogP contribution in [0.15, 0.2) is 48.3 Å². The van der Waals surface area contributed by atoms with Gasteiger partial charge in [0.15, 0.2) is 0 Å². The first kappa shape index (κ1) is 11.0. The fourth-order valence-electron chi connectivity index (χ4n) is 1.05. The van der Waals surface area contributed by atoms with E-state index in [1.807, 2.05) is 37.3 Å². The van der Waals surface area contributed by atoms with Gasteiger partial charge < -0.3 is 5.32 Å². The minimum absolute atomic E-state index is 0.828. The van der Waals surface area contributed by atoms with Crippen LogP contribution in [0.4, 0.5) is 0 Å². The van der Waals surface area contributed by atoms with Crippen molar-refractivity contribution in [3.8, 4) is 0 Å². The molecular weight excluding hydrogens is 189 g/mol. The maximum atomic E-state index is 3.98. The summed E-state index contributed by atoms with van der Waals surface area (Å²) in [6.07, 6.45) is 2.07. The summed E-state index contributed by atoms with van der Waals surface area (Å²) in [5, 5.41) is 4.50. The fraction of sp³-hybridized carbons (Fsp3) is 0.167. The standard InChI is InChI=1S/C12H16NP/c1-3-12(14)9-13-10(2)11-7-5-4-6-8-11/h3-8,13H,2,9,14H2,1H3/b12-3+. The van der Waals surface area contributed by atoms with Crippen molar-refractivity contribution in [3.05, 3.63) is 53.9 Å². The van der Waals surface area contributed by atoms with Gasteiger partial charge in [-0.3, -0.25) is 0 Å². The third kappa shape index (κ3) is 3.35. The third-order valence-corrected chi connectivity index (χ3v) is 2.54. The van der Waals surface area contributed by atoms with Gasteiger partial charge in [0.25, 0.3) is 0 Å². The van der Waals surface area contributed by atoms with Crippen LogP contribution in [0.25, 0.3) is 5.70 Å². The molecule has 0 fully saturated rings. The second-order valence-corrected chi connectivity index (χ2v) is 3.80. The van der Waals surface area contributed by atoms with E-state index in [2.05, 4.69) is 27.2 Å². The lowest BCUT2D eigenvalue weighted by molar-refractivity contribution is 0.999. The van der Waals surface area contributed by atoms with Crippen molar-refractivity contribution < 1.29 is 0 Å². The molecule has 0 heterocycles. The van der Waals surface area contributed by atoms with Gasteiger partial charge in [-0.15, -0.1) is 9.24 Å². The number of rotatable bonds is 4. The van der Waals surface area contributed by atoms with E-state index < -0.39 is 0 Å². The van der Waals surface area contributed by atoms with Crippen LogP contribution in [0.5, 0.6) is 0 Å². The molecule has 0 saturated carbocycles. The molecule has 0 bridgehead atoms. The van der Waals surface area contributed by atoms with E-state index in [0.29, 0.717) is 0 Å². The Morgan fingerprint density at radius 3 is 2.64 bits per heavy atom. The smallest absolute Gasteiger partial charge is 0.0396 e. The first-order valence-electron chi connectivity index (χ1n) is 4.63. The largest absolute Gasteiger partial charge is 0.381 e. The van der Waals surface area contributed by atoms with E-state index in [1.54, 1.807) is 0 Å². The highest BCUT2D eigenvalue weighted by Crippen LogP contribution is 2.10. The Morgan fingerprint density at radius 2 is 2.07 bits per heavy atom. The van der Waals surface area contributed by atoms with Crippen LogP contribution in [-0.2, 0) is 0 Å². The molecule has 0 radical (unpaired) electrons. The van der Waals surface area contributed by atoms with E-state index in [-0.39, 0.29) is 0 Å². The molecule has 2 heteroatoms. The highest BCUT2D eigenvalue weighted by molar-refractivity contribution is 7.22. The Balaban J connectivity index is 2.52. The van der Waals surface area contributed by atoms with Gasteiger partial charge in [0, 0.05) is 12.2 Å². The fourth-order valence-corrected chi connectivity index (χ4v) is 1.15. The van der Waals surface area contributed by atoms with Crippen molar-refractivity contribution in [1.82, 2.24) is 5.32 Å². The molecule has 1 nitrogen and oxygen atoms in total. The summed E-state index contributed by atoms with van der Waals surface area (Å²) in [4.78, 5) is 0. The Morgan fingerprint density at radius 1 is 1.43 bits per heavy atom. The number of hydrogen-bond acceptors (Lipinski definition) is 1. The summed E-state index contributed by atoms with van der Waals surface area (Å²) in [7, 11) is 2.69. The molecule has 1 aromatic carbocycles. The molecule has 0 spiro atoms. The van der Waals surface area contributed by atoms with E-state index in [9.17, 15) is 0 Å². The quantitative estimate of drug-likeness (QED) is 0.745. The molecule has 1 N–H and O–H groups in total. The van der Waals surface area contributed by atoms with Gasteiger partial charge in [-0.1, -0.05) is 43.0 Å². The topological polar surface area (TPSA) is 12.0 Å². The van der Waals surface area contributed by atoms with Crippen LogP contribution in [-0.4, -0.2) is 6.54 Å². The number of benzene rings is 1. The molecule has 0 aliphatic heterocycles. The lowest BCUT2D eigenvalue weighted by atomic mass is 10.2. The lowest BCUT2D eigenvalue weighted by Gasteiger charge is -2.09. The maximum absolute atomic E-state index is 3.98. The molecule has 0 aliphatic rings. The Kier molecular flexibility index (Phi) is 4.42. The third-order valence-electron chi connectivity index (χ3n) is 2.00. The van der Waals surface area contributed by atoms with Crippen molar-refractivity contribution in [2.75, 3.05) is 6.54 Å². The first-order chi connectivity index (χ1) is 6.74. The van der Waals surface area contributed by atoms with Gasteiger partial charge >= 0.3 is 0 Å². The lowest BCUT2D eigenvalue weighted by Crippen LogP contribution is -2.12. The van der Waals surface area contributed by atoms with E-state index in [1.165, 1.54) is 5.31 Å². The van der Waals surface area contributed by atoms with Gasteiger partial charge in [0.1, 0.15) is 0 Å². The molecule has 74 valence electrons. The van der Waals surface area contributed by atoms with Crippen LogP contribution in [0, 0.1) is 0 Å². The summed E-state index contributed by atoms with van der Waals surface area (Å²) in [5.41, 5.74) is 2.11. The summed E-state index contributed by atoms with van der Waals surface area (Å²) in [6, 6.07) is 10.1. The number of allylic oxidation sites excluding steroid dienone is 1. The molecule has 0 aromatic heterocycles. The predicted molar refractivity (Wildman–Crippen MR) is 66.9 cm³/mol. The molecule has 1 unspecified atom stereocenters. The SMILES string of the molecule is C=C(NC/C(P)=C\C)c1ccccc1. The molecular formula is C12H16NP. The molecule has 1 rings (SSSR count). The van der Waals surface area contributed by atoms with Crippen LogP contribution in [0.1, 0.15) is 12.5 Å². The normalized spacial score (nSPS) is 11.1. The molecule has 0 aliphatic carbocycles. The summed E-state index contributed by atoms with van der Waals surface area (Å²) in [6.45, 7) is 6.83. The van der Waals surface area contributed by atoms with Crippen LogP contribution >= 0.6 is 9.24 Å². The highest BCUT2D eigenvalue weighted by atomic mass is 31.0. The van der Waals surface area contributed by atoms with Crippen molar-refractivity contribution in [3.63, 3.8) is 0 Å². The van der Waals surface area contributed by atoms with E-state index in [0.717, 1.165) is 17.8 Å². The van der Waals surface area contributed by atoms with E-state index in [4.69, 9.17) is 0 Å². The minimum atomic E-state index is 0.828. The zero-order valence-corrected chi connectivity index (χ0v) is 9.61. The number of hydrogen-bond donors (Lipinski definition) is 1. The molecule has 0 amide bonds. The Hall–Kier alpha value is -1.07. The first-order valence-corrected chi connectivity index (χ1v) is 5.20. The zero-order chi connectivity index (χ0) is 10.4. The van der Waals surface area contributed by atoms with Crippen molar-refractivity contribution in [2.24, 2.45) is 0 Å². The second kappa shape index (κ2) is 5.62. The van der Waals surface area contributed by atoms with Crippen molar-refractivity contribution in [1.29, 1.82) is 0 Å². The van der Waals surface area contributed by atoms with Crippen LogP contribution in [0.3, 0.4) is 0 Å². The highest BCUT2D eigenvalue weighted by Gasteiger charge is 1.95. The molecule has 1 aromatic rings. The van der Waals surface area contributed by atoms with Crippen LogP contribution < -0.4 is 5.32 Å². The monoisotopic (exact) mass is 205 g/mol.